The number of anilines is 1. The number of rotatable bonds is 3. The van der Waals surface area contributed by atoms with Crippen LogP contribution in [0.4, 0.5) is 5.69 Å². The van der Waals surface area contributed by atoms with Gasteiger partial charge in [-0.05, 0) is 36.6 Å². The van der Waals surface area contributed by atoms with Crippen LogP contribution in [0.5, 0.6) is 0 Å². The summed E-state index contributed by atoms with van der Waals surface area (Å²) in [4.78, 5) is 14.7. The number of nitriles is 2. The van der Waals surface area contributed by atoms with Gasteiger partial charge in [-0.3, -0.25) is 9.69 Å². The lowest BCUT2D eigenvalue weighted by molar-refractivity contribution is -0.119. The van der Waals surface area contributed by atoms with E-state index in [1.54, 1.807) is 19.1 Å². The first-order chi connectivity index (χ1) is 15.4. The van der Waals surface area contributed by atoms with Gasteiger partial charge in [0.05, 0.1) is 28.6 Å². The van der Waals surface area contributed by atoms with Gasteiger partial charge < -0.3 is 11.5 Å². The van der Waals surface area contributed by atoms with E-state index in [1.807, 2.05) is 42.5 Å². The molecule has 1 aliphatic carbocycles. The third-order valence-corrected chi connectivity index (χ3v) is 6.28. The Morgan fingerprint density at radius 3 is 2.25 bits per heavy atom. The molecule has 1 heterocycles. The minimum atomic E-state index is -1.04. The van der Waals surface area contributed by atoms with Gasteiger partial charge in [-0.1, -0.05) is 49.4 Å². The first-order valence-electron chi connectivity index (χ1n) is 10.4. The molecular weight excluding hydrogens is 398 g/mol. The first-order valence-corrected chi connectivity index (χ1v) is 10.4. The third kappa shape index (κ3) is 2.97. The predicted molar refractivity (Wildman–Crippen MR) is 123 cm³/mol. The number of hydrogen-bond donors (Lipinski definition) is 2. The Hall–Kier alpha value is -4.29. The lowest BCUT2D eigenvalue weighted by Gasteiger charge is -2.44. The second-order valence-corrected chi connectivity index (χ2v) is 8.15. The van der Waals surface area contributed by atoms with Crippen LogP contribution in [0, 0.1) is 28.1 Å². The molecule has 0 fully saturated rings. The highest BCUT2D eigenvalue weighted by Gasteiger charge is 2.50. The minimum absolute atomic E-state index is 0.0107. The van der Waals surface area contributed by atoms with Crippen LogP contribution in [0.2, 0.25) is 0 Å². The first kappa shape index (κ1) is 21.0. The Labute approximate surface area is 187 Å². The van der Waals surface area contributed by atoms with Crippen LogP contribution in [-0.4, -0.2) is 5.91 Å². The van der Waals surface area contributed by atoms with Crippen LogP contribution >= 0.6 is 0 Å². The van der Waals surface area contributed by atoms with Crippen molar-refractivity contribution in [2.24, 2.45) is 16.9 Å². The molecule has 6 heteroatoms. The molecule has 4 rings (SSSR count). The zero-order valence-electron chi connectivity index (χ0n) is 18.0. The maximum absolute atomic E-state index is 13.3. The molecule has 1 atom stereocenters. The van der Waals surface area contributed by atoms with Gasteiger partial charge in [-0.2, -0.15) is 10.5 Å². The van der Waals surface area contributed by atoms with E-state index in [1.165, 1.54) is 4.90 Å². The van der Waals surface area contributed by atoms with Gasteiger partial charge in [0.2, 0.25) is 5.91 Å². The third-order valence-electron chi connectivity index (χ3n) is 6.28. The molecule has 0 radical (unpaired) electrons. The van der Waals surface area contributed by atoms with Crippen molar-refractivity contribution in [3.05, 3.63) is 94.0 Å². The number of carbonyl (C=O) groups is 1. The maximum atomic E-state index is 13.3. The number of amides is 1. The maximum Gasteiger partial charge on any atom is 0.233 e. The molecule has 4 N–H and O–H groups in total. The lowest BCUT2D eigenvalue weighted by Crippen LogP contribution is -2.47. The molecule has 0 bridgehead atoms. The fraction of sp³-hybridized carbons (Fsp3) is 0.192. The quantitative estimate of drug-likeness (QED) is 0.779. The molecule has 1 aliphatic heterocycles. The van der Waals surface area contributed by atoms with Crippen molar-refractivity contribution >= 4 is 17.2 Å². The van der Waals surface area contributed by atoms with Gasteiger partial charge in [0, 0.05) is 23.0 Å². The summed E-state index contributed by atoms with van der Waals surface area (Å²) in [5.74, 6) is -0.0286. The summed E-state index contributed by atoms with van der Waals surface area (Å²) in [5, 5.41) is 20.0. The Morgan fingerprint density at radius 1 is 1.03 bits per heavy atom. The molecule has 32 heavy (non-hydrogen) atoms. The average molecular weight is 422 g/mol. The molecule has 0 saturated carbocycles. The fourth-order valence-corrected chi connectivity index (χ4v) is 4.65. The zero-order valence-corrected chi connectivity index (χ0v) is 18.0. The van der Waals surface area contributed by atoms with Gasteiger partial charge in [0.25, 0.3) is 0 Å². The smallest absolute Gasteiger partial charge is 0.233 e. The largest absolute Gasteiger partial charge is 0.397 e. The molecule has 1 amide bonds. The fourth-order valence-electron chi connectivity index (χ4n) is 4.65. The Kier molecular flexibility index (Phi) is 5.08. The van der Waals surface area contributed by atoms with Crippen LogP contribution in [-0.2, 0) is 11.2 Å². The summed E-state index contributed by atoms with van der Waals surface area (Å²) < 4.78 is 0. The Morgan fingerprint density at radius 2 is 1.69 bits per heavy atom. The van der Waals surface area contributed by atoms with Crippen molar-refractivity contribution in [1.29, 1.82) is 10.5 Å². The number of para-hydroxylation sites is 1. The van der Waals surface area contributed by atoms with Crippen molar-refractivity contribution in [2.45, 2.75) is 26.7 Å². The van der Waals surface area contributed by atoms with Crippen molar-refractivity contribution < 1.29 is 4.79 Å². The van der Waals surface area contributed by atoms with Crippen LogP contribution in [0.1, 0.15) is 31.4 Å². The highest BCUT2D eigenvalue weighted by molar-refractivity contribution is 6.04. The molecule has 2 aromatic carbocycles. The van der Waals surface area contributed by atoms with Gasteiger partial charge in [0.15, 0.2) is 0 Å². The zero-order chi connectivity index (χ0) is 23.0. The van der Waals surface area contributed by atoms with Crippen molar-refractivity contribution in [3.63, 3.8) is 0 Å². The van der Waals surface area contributed by atoms with E-state index in [4.69, 9.17) is 11.5 Å². The van der Waals surface area contributed by atoms with Crippen molar-refractivity contribution in [1.82, 2.24) is 0 Å². The van der Waals surface area contributed by atoms with Crippen LogP contribution in [0.25, 0.3) is 5.57 Å². The van der Waals surface area contributed by atoms with Crippen LogP contribution in [0.15, 0.2) is 82.8 Å². The number of nitrogens with zero attached hydrogens (tertiary/aromatic N) is 3. The molecule has 0 spiro atoms. The van der Waals surface area contributed by atoms with Gasteiger partial charge >= 0.3 is 0 Å². The van der Waals surface area contributed by atoms with E-state index in [9.17, 15) is 15.3 Å². The number of fused-ring (bicyclic) bond motifs is 1. The SMILES string of the molecule is CCc1ccc(C2=C(C#N)C(N)=C(C#N)C3(C)CC(=O)N(c4ccccc4)C(N)=C23)cc1. The van der Waals surface area contributed by atoms with E-state index in [0.717, 1.165) is 17.5 Å². The summed E-state index contributed by atoms with van der Waals surface area (Å²) in [7, 11) is 0. The van der Waals surface area contributed by atoms with Crippen molar-refractivity contribution in [2.75, 3.05) is 4.90 Å². The molecule has 2 aliphatic rings. The summed E-state index contributed by atoms with van der Waals surface area (Å²) in [6.45, 7) is 3.87. The number of nitrogens with two attached hydrogens (primary N) is 2. The highest BCUT2D eigenvalue weighted by Crippen LogP contribution is 2.54. The number of allylic oxidation sites excluding steroid dienone is 4. The Balaban J connectivity index is 2.08. The van der Waals surface area contributed by atoms with Crippen molar-refractivity contribution in [3.8, 4) is 12.1 Å². The summed E-state index contributed by atoms with van der Waals surface area (Å²) >= 11 is 0. The molecule has 158 valence electrons. The van der Waals surface area contributed by atoms with Gasteiger partial charge in [0.1, 0.15) is 11.9 Å². The van der Waals surface area contributed by atoms with Crippen LogP contribution in [0.3, 0.4) is 0 Å². The monoisotopic (exact) mass is 421 g/mol. The minimum Gasteiger partial charge on any atom is -0.397 e. The normalized spacial score (nSPS) is 20.8. The van der Waals surface area contributed by atoms with E-state index < -0.39 is 5.41 Å². The number of carbonyl (C=O) groups excluding carboxylic acids is 1. The van der Waals surface area contributed by atoms with E-state index in [0.29, 0.717) is 16.8 Å². The molecule has 2 aromatic rings. The Bertz CT molecular complexity index is 1290. The van der Waals surface area contributed by atoms with Gasteiger partial charge in [-0.15, -0.1) is 0 Å². The summed E-state index contributed by atoms with van der Waals surface area (Å²) in [6.07, 6.45) is 0.890. The second-order valence-electron chi connectivity index (χ2n) is 8.15. The standard InChI is InChI=1S/C26H23N5O/c1-3-16-9-11-17(12-10-16)22-19(14-27)24(29)20(15-28)26(2)13-21(32)31(25(30)23(22)26)18-7-5-4-6-8-18/h4-12H,3,13,29-30H2,1-2H3. The van der Waals surface area contributed by atoms with Gasteiger partial charge in [-0.25, -0.2) is 0 Å². The number of benzene rings is 2. The van der Waals surface area contributed by atoms with E-state index >= 15 is 0 Å². The summed E-state index contributed by atoms with van der Waals surface area (Å²) in [5.41, 5.74) is 16.2. The second kappa shape index (κ2) is 7.76. The molecular formula is C26H23N5O. The number of hydrogen-bond acceptors (Lipinski definition) is 5. The van der Waals surface area contributed by atoms with E-state index in [-0.39, 0.29) is 35.0 Å². The molecule has 0 saturated heterocycles. The molecule has 1 unspecified atom stereocenters. The number of aryl methyl sites for hydroxylation is 1. The highest BCUT2D eigenvalue weighted by atomic mass is 16.2. The molecule has 0 aromatic heterocycles. The summed E-state index contributed by atoms with van der Waals surface area (Å²) in [6, 6.07) is 21.3. The topological polar surface area (TPSA) is 120 Å². The lowest BCUT2D eigenvalue weighted by atomic mass is 9.62. The average Bonchev–Trinajstić information content (AvgIpc) is 2.79. The van der Waals surface area contributed by atoms with Crippen LogP contribution < -0.4 is 16.4 Å². The molecule has 6 nitrogen and oxygen atoms in total. The predicted octanol–water partition coefficient (Wildman–Crippen LogP) is 3.89. The van der Waals surface area contributed by atoms with E-state index in [2.05, 4.69) is 19.1 Å².